The number of amides is 6. The maximum Gasteiger partial charge on any atom is 1.00 e. The molecule has 2 aliphatic rings. The average Bonchev–Trinajstić information content (AvgIpc) is 1.18. The molecule has 10 rings (SSSR count). The van der Waals surface area contributed by atoms with E-state index in [4.69, 9.17) is 43.1 Å². The Kier molecular flexibility index (Phi) is 56.3. The Labute approximate surface area is 834 Å². The van der Waals surface area contributed by atoms with Crippen molar-refractivity contribution in [1.82, 2.24) is 31.6 Å². The molecule has 6 amide bonds. The van der Waals surface area contributed by atoms with Crippen LogP contribution in [0.15, 0.2) is 195 Å². The zero-order valence-corrected chi connectivity index (χ0v) is 81.3. The van der Waals surface area contributed by atoms with Crippen LogP contribution in [-0.2, 0) is 84.5 Å². The second-order valence-corrected chi connectivity index (χ2v) is 45.1. The predicted octanol–water partition coefficient (Wildman–Crippen LogP) is 16.2. The molecule has 0 saturated carbocycles. The van der Waals surface area contributed by atoms with Gasteiger partial charge in [-0.3, -0.25) is 9.63 Å². The normalized spacial score (nSPS) is 13.6. The second-order valence-electron chi connectivity index (χ2n) is 35.4. The van der Waals surface area contributed by atoms with Crippen LogP contribution in [0, 0.1) is 58.2 Å². The zero-order valence-electron chi connectivity index (χ0n) is 79.8. The van der Waals surface area contributed by atoms with Crippen molar-refractivity contribution in [3.63, 3.8) is 0 Å². The molecule has 2 aliphatic heterocycles. The number of carbonyl (C=O) groups is 8. The first-order valence-electron chi connectivity index (χ1n) is 41.8. The van der Waals surface area contributed by atoms with Crippen molar-refractivity contribution in [3.05, 3.63) is 281 Å². The minimum absolute atomic E-state index is 0. The molecule has 38 heteroatoms. The average molecular weight is 2030 g/mol. The minimum atomic E-state index is -2.56. The maximum absolute atomic E-state index is 13.3. The number of hydroxylamine groups is 2. The number of ether oxygens (including phenoxy) is 7. The smallest absolute Gasteiger partial charge is 1.00 e. The summed E-state index contributed by atoms with van der Waals surface area (Å²) in [7, 11) is 2.64. The number of benzene rings is 8. The van der Waals surface area contributed by atoms with Crippen molar-refractivity contribution in [2.45, 2.75) is 228 Å². The largest absolute Gasteiger partial charge is 1.00 e. The second kappa shape index (κ2) is 59.9. The van der Waals surface area contributed by atoms with Gasteiger partial charge in [0.25, 0.3) is 5.91 Å². The molecule has 5 unspecified atom stereocenters. The molecule has 2 fully saturated rings. The minimum Gasteiger partial charge on any atom is -1.00 e. The molecular weight excluding hydrogens is 1890 g/mol. The Bertz CT molecular complexity index is 4810. The fourth-order valence-corrected chi connectivity index (χ4v) is 17.7. The van der Waals surface area contributed by atoms with E-state index in [-0.39, 0.29) is 123 Å². The fourth-order valence-electron chi connectivity index (χ4n) is 12.1. The van der Waals surface area contributed by atoms with Gasteiger partial charge in [-0.1, -0.05) is 20.9 Å². The number of hydrogen-bond donors (Lipinski definition) is 6. The van der Waals surface area contributed by atoms with E-state index in [9.17, 15) is 82.3 Å². The van der Waals surface area contributed by atoms with Crippen LogP contribution in [0.5, 0.6) is 0 Å². The number of aldehydes is 1. The molecule has 2 saturated heterocycles. The first kappa shape index (κ1) is 129. The van der Waals surface area contributed by atoms with Crippen molar-refractivity contribution in [2.75, 3.05) is 40.6 Å². The van der Waals surface area contributed by atoms with Crippen LogP contribution in [0.1, 0.15) is 162 Å². The van der Waals surface area contributed by atoms with E-state index in [1.54, 1.807) is 104 Å². The first-order chi connectivity index (χ1) is 61.3. The Morgan fingerprint density at radius 1 is 0.460 bits per heavy atom. The topological polar surface area (TPSA) is 297 Å². The standard InChI is InChI=1S/C19H18BrP.C16H22F2N2O4.C15H19F2NO3.C15H19F2NO2.C14H17F2NO4.C14H17F2NO3.C4H8O.2CH4.Al.B.Li.H2.4H/c1-21(20,17-11-5-2-6-12-17,18-13-7-3-8-14-18)19-15-9-4-10-16-19;1-16(2,3)24-15(22)19-13(14(21)20(4)23-5)8-10-6-11(17)9-12(18)7-10;1-15(2,3)21-14(19)18-12(13-8-20-13)6-9-4-10(16)7-11(17)5-9;1-5-13(18-14(19)20-15(2,3)4)8-10-6-11(16)9-12(17)7-10;1-14(2,3)21-13(20)17-11(12(18)19)6-8-4-9(15)7-10(16)5-8;1-14(2,3)20-13(19)17-12(8-18)6-9-4-10(15)7-11(16)5-9;1-2-4-5-3-1;;;;;;;;;;/h2-16H,1H3;6-7,9,13H,8H2,1-5H3,(H,19,22);4-5,7,12-13H,6,8H2,1-3H3,(H,18,19);5-7,9,13H,1,8H2,2-4H3,(H,18,19);4-5,7,11H,6H2,1-3H3,(H,17,20)(H,18,19);4-5,7-8,12H,6H2,1-3H3,(H,17,19);1-4H2;2*1H4;;;;1H;;;;/q;;;;;;;;;;;+1;;;;;-1/t;;12?,13-;;;;;;;;;;;;;;/m..0............../s1/i;;;;;;;;;;;;1+1;;;;. The van der Waals surface area contributed by atoms with Gasteiger partial charge >= 0.3 is 190 Å². The Morgan fingerprint density at radius 3 is 0.956 bits per heavy atom. The molecule has 23 nitrogen and oxygen atoms in total. The van der Waals surface area contributed by atoms with E-state index in [0.29, 0.717) is 30.1 Å². The Hall–Kier alpha value is -10.3. The van der Waals surface area contributed by atoms with Gasteiger partial charge in [0.2, 0.25) is 0 Å². The third-order valence-corrected chi connectivity index (χ3v) is 26.0. The van der Waals surface area contributed by atoms with Gasteiger partial charge in [-0.15, -0.1) is 6.58 Å². The third kappa shape index (κ3) is 51.8. The third-order valence-electron chi connectivity index (χ3n) is 17.7. The summed E-state index contributed by atoms with van der Waals surface area (Å²) in [4.78, 5) is 97.5. The number of halogens is 11. The van der Waals surface area contributed by atoms with Gasteiger partial charge in [0.05, 0.1) is 31.8 Å². The summed E-state index contributed by atoms with van der Waals surface area (Å²) in [5, 5.41) is 23.6. The number of carboxylic acids is 1. The van der Waals surface area contributed by atoms with Crippen LogP contribution in [0.25, 0.3) is 0 Å². The molecule has 6 N–H and O–H groups in total. The van der Waals surface area contributed by atoms with Crippen LogP contribution in [0.3, 0.4) is 0 Å². The molecule has 0 bridgehead atoms. The molecule has 137 heavy (non-hydrogen) atoms. The number of hydrogen-bond acceptors (Lipinski definition) is 16. The van der Waals surface area contributed by atoms with Crippen LogP contribution in [-0.4, -0.2) is 190 Å². The van der Waals surface area contributed by atoms with Crippen LogP contribution >= 0.6 is 20.8 Å². The van der Waals surface area contributed by atoms with E-state index >= 15 is 0 Å². The van der Waals surface area contributed by atoms with E-state index in [1.165, 1.54) is 73.3 Å². The molecule has 0 spiro atoms. The number of rotatable bonds is 24. The Morgan fingerprint density at radius 2 is 0.708 bits per heavy atom. The summed E-state index contributed by atoms with van der Waals surface area (Å²) < 4.78 is 167. The van der Waals surface area contributed by atoms with Crippen molar-refractivity contribution >= 4 is 111 Å². The van der Waals surface area contributed by atoms with E-state index in [1.807, 2.05) is 0 Å². The van der Waals surface area contributed by atoms with Crippen molar-refractivity contribution in [1.29, 1.82) is 0 Å². The summed E-state index contributed by atoms with van der Waals surface area (Å²) in [5.74, 6) is -9.14. The molecule has 0 aromatic heterocycles. The zero-order chi connectivity index (χ0) is 99.3. The number of aliphatic carboxylic acids is 1. The van der Waals surface area contributed by atoms with Crippen molar-refractivity contribution in [3.8, 4) is 0 Å². The van der Waals surface area contributed by atoms with Gasteiger partial charge in [-0.05, 0) is 224 Å². The SMILES string of the molecule is C.C.C1CCOC1.C=CC(Cc1cc(F)cc(F)c1)NC(=O)OC(C)(C)C.CC(C)(C)OC(=O)NC(C=O)Cc1cc(F)cc(F)c1.CC(C)(C)OC(=O)NC(Cc1cc(F)cc(F)c1)C(=O)O.CC(C)(C)OC(=O)NC(Cc1cc(F)cc(F)c1)[C@@H]1CO1.CON(C)C(=O)C(Cc1cc(F)cc(F)c1)NC(=O)OC(C)(C)C.CP(Br)(c1ccccc1)(c1ccccc1)c1ccccc1.[2HH].[AlH3].[B].[H-].[Li+]. The van der Waals surface area contributed by atoms with Gasteiger partial charge in [0.1, 0.15) is 111 Å². The van der Waals surface area contributed by atoms with Crippen LogP contribution in [0.2, 0.25) is 0 Å². The summed E-state index contributed by atoms with van der Waals surface area (Å²) in [6.07, 6.45) is 0.847. The van der Waals surface area contributed by atoms with E-state index < -0.39 is 158 Å². The molecule has 3 radical (unpaired) electrons. The summed E-state index contributed by atoms with van der Waals surface area (Å²) in [6.45, 7) is 34.0. The quantitative estimate of drug-likeness (QED) is 0.00479. The number of nitrogens with zero attached hydrogens (tertiary/aromatic N) is 1. The summed E-state index contributed by atoms with van der Waals surface area (Å²) >= 11 is 4.24. The summed E-state index contributed by atoms with van der Waals surface area (Å²) in [6, 6.07) is 43.2. The van der Waals surface area contributed by atoms with E-state index in [2.05, 4.69) is 146 Å². The number of epoxide rings is 1. The molecule has 6 atom stereocenters. The monoisotopic (exact) mass is 2020 g/mol. The van der Waals surface area contributed by atoms with Gasteiger partial charge in [0.15, 0.2) is 17.4 Å². The molecule has 751 valence electrons. The van der Waals surface area contributed by atoms with Crippen molar-refractivity contribution in [2.24, 2.45) is 0 Å². The number of carboxylic acid groups (broad SMARTS) is 1. The van der Waals surface area contributed by atoms with Crippen LogP contribution in [0.4, 0.5) is 67.9 Å². The van der Waals surface area contributed by atoms with Crippen LogP contribution < -0.4 is 61.4 Å². The van der Waals surface area contributed by atoms with Gasteiger partial charge in [-0.25, -0.2) is 77.7 Å². The number of likely N-dealkylation sites (N-methyl/N-ethyl adjacent to an activating group) is 1. The van der Waals surface area contributed by atoms with Crippen molar-refractivity contribution < 1.29 is 147 Å². The molecule has 8 aromatic rings. The number of carbonyl (C=O) groups excluding carboxylic acids is 7. The first-order valence-corrected chi connectivity index (χ1v) is 46.5. The van der Waals surface area contributed by atoms with Gasteiger partial charge < -0.3 is 71.1 Å². The number of nitrogens with one attached hydrogen (secondary N) is 5. The Balaban J connectivity index is -0.000000770. The maximum atomic E-state index is 13.3. The fraction of sp³-hybridized carbons (Fsp3) is 0.414. The summed E-state index contributed by atoms with van der Waals surface area (Å²) in [5.41, 5.74) is -1.94. The molecule has 8 aromatic carbocycles. The molecular formula is C99H134AlBBrF10LiN6O17P. The van der Waals surface area contributed by atoms with Gasteiger partial charge in [-0.2, -0.15) is 0 Å². The van der Waals surface area contributed by atoms with Gasteiger partial charge in [0, 0.05) is 73.3 Å². The van der Waals surface area contributed by atoms with E-state index in [0.717, 1.165) is 78.9 Å². The predicted molar refractivity (Wildman–Crippen MR) is 522 cm³/mol. The molecule has 0 aliphatic carbocycles. The number of alkyl carbamates (subject to hydrolysis) is 5. The molecule has 2 heterocycles.